The molecule has 0 bridgehead atoms. The molecule has 0 aromatic heterocycles. The highest BCUT2D eigenvalue weighted by Gasteiger charge is 2.15. The van der Waals surface area contributed by atoms with Crippen molar-refractivity contribution in [3.63, 3.8) is 0 Å². The summed E-state index contributed by atoms with van der Waals surface area (Å²) in [6.07, 6.45) is 4.09. The second kappa shape index (κ2) is 4.93. The zero-order valence-electron chi connectivity index (χ0n) is 10.6. The molecule has 0 saturated carbocycles. The van der Waals surface area contributed by atoms with Gasteiger partial charge in [0, 0.05) is 0 Å². The van der Waals surface area contributed by atoms with Crippen molar-refractivity contribution in [2.45, 2.75) is 18.7 Å². The lowest BCUT2D eigenvalue weighted by Crippen LogP contribution is -2.09. The molecule has 0 radical (unpaired) electrons. The van der Waals surface area contributed by atoms with Crippen LogP contribution in [0, 0.1) is 6.92 Å². The van der Waals surface area contributed by atoms with Crippen molar-refractivity contribution in [1.82, 2.24) is 0 Å². The normalized spacial score (nSPS) is 17.7. The fourth-order valence-electron chi connectivity index (χ4n) is 1.62. The summed E-state index contributed by atoms with van der Waals surface area (Å²) in [4.78, 5) is 11.3. The van der Waals surface area contributed by atoms with E-state index in [0.717, 1.165) is 5.56 Å². The number of sulfonamides is 1. The summed E-state index contributed by atoms with van der Waals surface area (Å²) in [5, 5.41) is 0. The Balaban J connectivity index is 2.42. The third-order valence-corrected chi connectivity index (χ3v) is 4.01. The molecular weight excluding hydrogens is 262 g/mol. The lowest BCUT2D eigenvalue weighted by atomic mass is 10.1. The van der Waals surface area contributed by atoms with E-state index in [4.69, 9.17) is 0 Å². The zero-order chi connectivity index (χ0) is 14.0. The van der Waals surface area contributed by atoms with Crippen LogP contribution in [-0.2, 0) is 14.8 Å². The monoisotopic (exact) mass is 275 g/mol. The number of benzene rings is 1. The number of carbonyl (C=O) groups excluding carboxylic acids is 1. The Kier molecular flexibility index (Phi) is 3.48. The van der Waals surface area contributed by atoms with E-state index in [1.807, 2.05) is 6.92 Å². The third kappa shape index (κ3) is 3.06. The van der Waals surface area contributed by atoms with Gasteiger partial charge in [0.25, 0.3) is 10.0 Å². The molecule has 0 spiro atoms. The Bertz CT molecular complexity index is 708. The molecule has 0 unspecified atom stereocenters. The Morgan fingerprint density at radius 1 is 1.00 bits per heavy atom. The van der Waals surface area contributed by atoms with E-state index in [9.17, 15) is 13.2 Å². The van der Waals surface area contributed by atoms with Crippen LogP contribution in [0.15, 0.2) is 57.4 Å². The third-order valence-electron chi connectivity index (χ3n) is 2.71. The van der Waals surface area contributed by atoms with E-state index < -0.39 is 10.0 Å². The first-order valence-electron chi connectivity index (χ1n) is 5.71. The van der Waals surface area contributed by atoms with E-state index in [-0.39, 0.29) is 10.7 Å². The average molecular weight is 275 g/mol. The maximum atomic E-state index is 12.1. The molecule has 0 amide bonds. The van der Waals surface area contributed by atoms with Crippen molar-refractivity contribution in [3.05, 3.63) is 53.6 Å². The minimum absolute atomic E-state index is 0.142. The lowest BCUT2D eigenvalue weighted by molar-refractivity contribution is -0.110. The first-order chi connectivity index (χ1) is 8.88. The van der Waals surface area contributed by atoms with Crippen molar-refractivity contribution in [3.8, 4) is 0 Å². The first kappa shape index (κ1) is 13.4. The molecule has 1 aliphatic carbocycles. The number of ketones is 1. The van der Waals surface area contributed by atoms with E-state index in [1.165, 1.54) is 30.4 Å². The van der Waals surface area contributed by atoms with Crippen LogP contribution >= 0.6 is 0 Å². The smallest absolute Gasteiger partial charge is 0.282 e. The molecule has 5 heteroatoms. The first-order valence-corrected chi connectivity index (χ1v) is 7.15. The zero-order valence-corrected chi connectivity index (χ0v) is 11.4. The molecule has 2 rings (SSSR count). The van der Waals surface area contributed by atoms with Crippen molar-refractivity contribution >= 4 is 21.5 Å². The maximum absolute atomic E-state index is 12.1. The van der Waals surface area contributed by atoms with Gasteiger partial charge in [-0.15, -0.1) is 0 Å². The molecular formula is C14H13NO3S. The summed E-state index contributed by atoms with van der Waals surface area (Å²) >= 11 is 0. The Morgan fingerprint density at radius 3 is 2.21 bits per heavy atom. The van der Waals surface area contributed by atoms with E-state index in [0.29, 0.717) is 11.3 Å². The number of nitrogens with zero attached hydrogens (tertiary/aromatic N) is 1. The van der Waals surface area contributed by atoms with Crippen LogP contribution in [0.4, 0.5) is 0 Å². The summed E-state index contributed by atoms with van der Waals surface area (Å²) in [6.45, 7) is 3.54. The number of hydrogen-bond acceptors (Lipinski definition) is 3. The fourth-order valence-corrected chi connectivity index (χ4v) is 2.67. The molecule has 19 heavy (non-hydrogen) atoms. The second-order valence-electron chi connectivity index (χ2n) is 4.33. The van der Waals surface area contributed by atoms with Gasteiger partial charge in [0.1, 0.15) is 0 Å². The maximum Gasteiger partial charge on any atom is 0.282 e. The molecule has 1 aromatic carbocycles. The van der Waals surface area contributed by atoms with Gasteiger partial charge in [-0.2, -0.15) is 12.8 Å². The summed E-state index contributed by atoms with van der Waals surface area (Å²) < 4.78 is 28.0. The van der Waals surface area contributed by atoms with Crippen LogP contribution < -0.4 is 0 Å². The average Bonchev–Trinajstić information content (AvgIpc) is 2.33. The molecule has 0 fully saturated rings. The van der Waals surface area contributed by atoms with Gasteiger partial charge in [-0.25, -0.2) is 0 Å². The number of carbonyl (C=O) groups is 1. The van der Waals surface area contributed by atoms with Gasteiger partial charge in [0.15, 0.2) is 5.78 Å². The second-order valence-corrected chi connectivity index (χ2v) is 5.93. The van der Waals surface area contributed by atoms with Gasteiger partial charge in [-0.3, -0.25) is 4.79 Å². The molecule has 1 aliphatic rings. The quantitative estimate of drug-likeness (QED) is 0.777. The number of allylic oxidation sites excluding steroid dienone is 4. The fraction of sp³-hybridized carbons (Fsp3) is 0.143. The van der Waals surface area contributed by atoms with Gasteiger partial charge >= 0.3 is 0 Å². The largest absolute Gasteiger partial charge is 0.290 e. The highest BCUT2D eigenvalue weighted by Crippen LogP contribution is 2.16. The molecule has 0 N–H and O–H groups in total. The van der Waals surface area contributed by atoms with Crippen LogP contribution in [0.25, 0.3) is 0 Å². The Morgan fingerprint density at radius 2 is 1.63 bits per heavy atom. The van der Waals surface area contributed by atoms with Crippen LogP contribution in [0.1, 0.15) is 12.5 Å². The Hall–Kier alpha value is -2.01. The van der Waals surface area contributed by atoms with Gasteiger partial charge in [-0.05, 0) is 49.8 Å². The van der Waals surface area contributed by atoms with Crippen molar-refractivity contribution in [1.29, 1.82) is 0 Å². The van der Waals surface area contributed by atoms with E-state index in [2.05, 4.69) is 4.40 Å². The summed E-state index contributed by atoms with van der Waals surface area (Å²) in [7, 11) is -3.74. The minimum Gasteiger partial charge on any atom is -0.290 e. The van der Waals surface area contributed by atoms with Crippen LogP contribution in [0.2, 0.25) is 0 Å². The molecule has 0 atom stereocenters. The topological polar surface area (TPSA) is 63.6 Å². The predicted octanol–water partition coefficient (Wildman–Crippen LogP) is 2.21. The summed E-state index contributed by atoms with van der Waals surface area (Å²) in [5.74, 6) is -0.163. The Labute approximate surface area is 112 Å². The number of aryl methyl sites for hydroxylation is 1. The van der Waals surface area contributed by atoms with Gasteiger partial charge in [0.05, 0.1) is 10.6 Å². The van der Waals surface area contributed by atoms with Gasteiger partial charge in [0.2, 0.25) is 0 Å². The predicted molar refractivity (Wildman–Crippen MR) is 73.7 cm³/mol. The SMILES string of the molecule is CC1=CC(=O)C=C/C1=N\S(=O)(=O)c1ccc(C)cc1. The molecule has 98 valence electrons. The highest BCUT2D eigenvalue weighted by molar-refractivity contribution is 7.90. The molecule has 0 aliphatic heterocycles. The number of rotatable bonds is 2. The molecule has 1 aromatic rings. The van der Waals surface area contributed by atoms with Crippen LogP contribution in [0.3, 0.4) is 0 Å². The van der Waals surface area contributed by atoms with Gasteiger partial charge in [-0.1, -0.05) is 17.7 Å². The minimum atomic E-state index is -3.74. The van der Waals surface area contributed by atoms with E-state index in [1.54, 1.807) is 19.1 Å². The number of hydrogen-bond donors (Lipinski definition) is 0. The van der Waals surface area contributed by atoms with E-state index >= 15 is 0 Å². The van der Waals surface area contributed by atoms with Gasteiger partial charge < -0.3 is 0 Å². The van der Waals surface area contributed by atoms with Crippen LogP contribution in [-0.4, -0.2) is 19.9 Å². The van der Waals surface area contributed by atoms with Crippen molar-refractivity contribution in [2.75, 3.05) is 0 Å². The highest BCUT2D eigenvalue weighted by atomic mass is 32.2. The van der Waals surface area contributed by atoms with Crippen molar-refractivity contribution in [2.24, 2.45) is 4.40 Å². The molecule has 0 saturated heterocycles. The molecule has 0 heterocycles. The summed E-state index contributed by atoms with van der Waals surface area (Å²) in [6, 6.07) is 6.48. The lowest BCUT2D eigenvalue weighted by Gasteiger charge is -2.06. The summed E-state index contributed by atoms with van der Waals surface area (Å²) in [5.41, 5.74) is 1.81. The standard InChI is InChI=1S/C14H13NO3S/c1-10-3-6-13(7-4-10)19(17,18)15-14-8-5-12(16)9-11(14)2/h3-9H,1-2H3/b15-14+. The van der Waals surface area contributed by atoms with Crippen molar-refractivity contribution < 1.29 is 13.2 Å². The molecule has 4 nitrogen and oxygen atoms in total. The van der Waals surface area contributed by atoms with Crippen LogP contribution in [0.5, 0.6) is 0 Å².